The quantitative estimate of drug-likeness (QED) is 0.762. The van der Waals surface area contributed by atoms with Gasteiger partial charge in [0.1, 0.15) is 11.9 Å². The number of carbonyl (C=O) groups is 1. The van der Waals surface area contributed by atoms with Gasteiger partial charge >= 0.3 is 5.97 Å². The molecule has 0 saturated carbocycles. The lowest BCUT2D eigenvalue weighted by atomic mass is 10.1. The predicted octanol–water partition coefficient (Wildman–Crippen LogP) is 0.753. The van der Waals surface area contributed by atoms with Crippen molar-refractivity contribution in [2.75, 3.05) is 20.2 Å². The van der Waals surface area contributed by atoms with Crippen LogP contribution in [0.15, 0.2) is 24.3 Å². The van der Waals surface area contributed by atoms with Crippen molar-refractivity contribution < 1.29 is 14.3 Å². The average Bonchev–Trinajstić information content (AvgIpc) is 2.71. The van der Waals surface area contributed by atoms with E-state index in [9.17, 15) is 4.79 Å². The van der Waals surface area contributed by atoms with Crippen LogP contribution in [0.1, 0.15) is 5.56 Å². The lowest BCUT2D eigenvalue weighted by Crippen LogP contribution is -2.33. The minimum Gasteiger partial charge on any atom is -0.488 e. The number of hydrogen-bond donors (Lipinski definition) is 1. The molecule has 1 aromatic carbocycles. The molecule has 0 spiro atoms. The molecule has 0 saturated heterocycles. The lowest BCUT2D eigenvalue weighted by molar-refractivity contribution is -0.139. The third kappa shape index (κ3) is 2.52. The van der Waals surface area contributed by atoms with Gasteiger partial charge in [-0.05, 0) is 11.6 Å². The van der Waals surface area contributed by atoms with Gasteiger partial charge in [-0.2, -0.15) is 0 Å². The summed E-state index contributed by atoms with van der Waals surface area (Å²) in [6.45, 7) is 0.885. The number of esters is 1. The first-order valence-electron chi connectivity index (χ1n) is 5.31. The molecule has 4 heteroatoms. The molecule has 0 amide bonds. The summed E-state index contributed by atoms with van der Waals surface area (Å²) in [5, 5.41) is 3.01. The van der Waals surface area contributed by atoms with E-state index in [1.807, 2.05) is 18.2 Å². The summed E-state index contributed by atoms with van der Waals surface area (Å²) >= 11 is 0. The van der Waals surface area contributed by atoms with E-state index in [4.69, 9.17) is 4.74 Å². The third-order valence-corrected chi connectivity index (χ3v) is 2.58. The number of carbonyl (C=O) groups excluding carboxylic acids is 1. The molecule has 1 aliphatic rings. The fourth-order valence-corrected chi connectivity index (χ4v) is 1.78. The average molecular weight is 221 g/mol. The summed E-state index contributed by atoms with van der Waals surface area (Å²) in [4.78, 5) is 10.9. The van der Waals surface area contributed by atoms with Crippen molar-refractivity contribution in [3.05, 3.63) is 29.8 Å². The topological polar surface area (TPSA) is 47.6 Å². The first-order chi connectivity index (χ1) is 7.79. The van der Waals surface area contributed by atoms with E-state index >= 15 is 0 Å². The van der Waals surface area contributed by atoms with Crippen LogP contribution >= 0.6 is 0 Å². The van der Waals surface area contributed by atoms with Crippen LogP contribution in [0, 0.1) is 0 Å². The Morgan fingerprint density at radius 2 is 2.38 bits per heavy atom. The van der Waals surface area contributed by atoms with Crippen LogP contribution in [0.2, 0.25) is 0 Å². The van der Waals surface area contributed by atoms with Gasteiger partial charge in [0, 0.05) is 13.0 Å². The van der Waals surface area contributed by atoms with Gasteiger partial charge in [-0.25, -0.2) is 0 Å². The number of hydrogen-bond acceptors (Lipinski definition) is 4. The van der Waals surface area contributed by atoms with Crippen molar-refractivity contribution in [2.45, 2.75) is 12.5 Å². The second-order valence-corrected chi connectivity index (χ2v) is 3.76. The van der Waals surface area contributed by atoms with Gasteiger partial charge in [-0.3, -0.25) is 4.79 Å². The van der Waals surface area contributed by atoms with Crippen LogP contribution in [0.25, 0.3) is 0 Å². The molecule has 2 rings (SSSR count). The molecule has 86 valence electrons. The minimum atomic E-state index is -0.254. The fraction of sp³-hybridized carbons (Fsp3) is 0.417. The maximum Gasteiger partial charge on any atom is 0.319 e. The summed E-state index contributed by atoms with van der Waals surface area (Å²) in [7, 11) is 1.38. The number of fused-ring (bicyclic) bond motifs is 1. The second-order valence-electron chi connectivity index (χ2n) is 3.76. The van der Waals surface area contributed by atoms with E-state index in [1.54, 1.807) is 0 Å². The molecule has 1 aromatic rings. The van der Waals surface area contributed by atoms with Gasteiger partial charge in [-0.1, -0.05) is 18.2 Å². The van der Waals surface area contributed by atoms with Crippen molar-refractivity contribution >= 4 is 5.97 Å². The number of methoxy groups -OCH3 is 1. The Bertz CT molecular complexity index is 353. The zero-order valence-corrected chi connectivity index (χ0v) is 9.23. The normalized spacial score (nSPS) is 17.7. The van der Waals surface area contributed by atoms with E-state index in [-0.39, 0.29) is 18.6 Å². The van der Waals surface area contributed by atoms with Crippen molar-refractivity contribution in [1.29, 1.82) is 0 Å². The van der Waals surface area contributed by atoms with E-state index in [0.29, 0.717) is 6.54 Å². The monoisotopic (exact) mass is 221 g/mol. The summed E-state index contributed by atoms with van der Waals surface area (Å²) in [6, 6.07) is 8.00. The zero-order valence-electron chi connectivity index (χ0n) is 9.23. The van der Waals surface area contributed by atoms with Gasteiger partial charge in [0.2, 0.25) is 0 Å². The van der Waals surface area contributed by atoms with Crippen molar-refractivity contribution in [2.24, 2.45) is 0 Å². The molecule has 0 bridgehead atoms. The summed E-state index contributed by atoms with van der Waals surface area (Å²) in [6.07, 6.45) is 1.01. The van der Waals surface area contributed by atoms with E-state index in [1.165, 1.54) is 12.7 Å². The Balaban J connectivity index is 1.77. The maximum absolute atomic E-state index is 10.9. The van der Waals surface area contributed by atoms with Gasteiger partial charge < -0.3 is 14.8 Å². The van der Waals surface area contributed by atoms with Gasteiger partial charge in [0.25, 0.3) is 0 Å². The highest BCUT2D eigenvalue weighted by Crippen LogP contribution is 2.27. The molecule has 0 fully saturated rings. The first-order valence-corrected chi connectivity index (χ1v) is 5.31. The molecule has 0 radical (unpaired) electrons. The summed E-state index contributed by atoms with van der Waals surface area (Å²) in [5.41, 5.74) is 1.23. The Kier molecular flexibility index (Phi) is 3.41. The summed E-state index contributed by atoms with van der Waals surface area (Å²) < 4.78 is 10.2. The van der Waals surface area contributed by atoms with E-state index in [0.717, 1.165) is 12.2 Å². The Morgan fingerprint density at radius 3 is 3.12 bits per heavy atom. The van der Waals surface area contributed by atoms with Crippen LogP contribution in [-0.2, 0) is 16.0 Å². The smallest absolute Gasteiger partial charge is 0.319 e. The predicted molar refractivity (Wildman–Crippen MR) is 59.4 cm³/mol. The summed E-state index contributed by atoms with van der Waals surface area (Å²) in [5.74, 6) is 0.697. The number of nitrogens with one attached hydrogen (secondary N) is 1. The SMILES string of the molecule is COC(=O)CNCC1Cc2ccccc2O1. The molecule has 1 N–H and O–H groups in total. The molecule has 1 unspecified atom stereocenters. The second kappa shape index (κ2) is 4.99. The van der Waals surface area contributed by atoms with Gasteiger partial charge in [0.15, 0.2) is 0 Å². The molecular weight excluding hydrogens is 206 g/mol. The van der Waals surface area contributed by atoms with Crippen molar-refractivity contribution in [3.8, 4) is 5.75 Å². The fourth-order valence-electron chi connectivity index (χ4n) is 1.78. The van der Waals surface area contributed by atoms with Crippen molar-refractivity contribution in [1.82, 2.24) is 5.32 Å². The molecule has 1 aliphatic heterocycles. The Labute approximate surface area is 94.6 Å². The third-order valence-electron chi connectivity index (χ3n) is 2.58. The lowest BCUT2D eigenvalue weighted by Gasteiger charge is -2.10. The highest BCUT2D eigenvalue weighted by Gasteiger charge is 2.21. The molecular formula is C12H15NO3. The van der Waals surface area contributed by atoms with Gasteiger partial charge in [0.05, 0.1) is 13.7 Å². The number of rotatable bonds is 4. The van der Waals surface area contributed by atoms with Crippen molar-refractivity contribution in [3.63, 3.8) is 0 Å². The number of ether oxygens (including phenoxy) is 2. The van der Waals surface area contributed by atoms with Gasteiger partial charge in [-0.15, -0.1) is 0 Å². The van der Waals surface area contributed by atoms with E-state index < -0.39 is 0 Å². The molecule has 4 nitrogen and oxygen atoms in total. The zero-order chi connectivity index (χ0) is 11.4. The first kappa shape index (κ1) is 11.0. The van der Waals surface area contributed by atoms with Crippen LogP contribution in [-0.4, -0.2) is 32.3 Å². The largest absolute Gasteiger partial charge is 0.488 e. The number of para-hydroxylation sites is 1. The Hall–Kier alpha value is -1.55. The van der Waals surface area contributed by atoms with E-state index in [2.05, 4.69) is 16.1 Å². The molecule has 1 atom stereocenters. The molecule has 16 heavy (non-hydrogen) atoms. The molecule has 0 aliphatic carbocycles. The maximum atomic E-state index is 10.9. The molecule has 1 heterocycles. The molecule has 0 aromatic heterocycles. The highest BCUT2D eigenvalue weighted by atomic mass is 16.5. The Morgan fingerprint density at radius 1 is 1.56 bits per heavy atom. The van der Waals surface area contributed by atoms with Crippen LogP contribution in [0.3, 0.4) is 0 Å². The van der Waals surface area contributed by atoms with Crippen LogP contribution < -0.4 is 10.1 Å². The highest BCUT2D eigenvalue weighted by molar-refractivity contribution is 5.71. The number of benzene rings is 1. The minimum absolute atomic E-state index is 0.113. The van der Waals surface area contributed by atoms with Crippen LogP contribution in [0.5, 0.6) is 5.75 Å². The van der Waals surface area contributed by atoms with Crippen LogP contribution in [0.4, 0.5) is 0 Å². The standard InChI is InChI=1S/C12H15NO3/c1-15-12(14)8-13-7-10-6-9-4-2-3-5-11(9)16-10/h2-5,10,13H,6-8H2,1H3.